The van der Waals surface area contributed by atoms with E-state index in [1.807, 2.05) is 13.8 Å². The Kier molecular flexibility index (Phi) is 12.4. The molecule has 0 saturated carbocycles. The van der Waals surface area contributed by atoms with Gasteiger partial charge < -0.3 is 15.0 Å². The standard InChI is InChI=1S/C30H34Cl3N3O5S/c1-4-17-34-30(38)28(5-2)35(19-21-7-16-26(32)27(33)18-21)29(37)20-36(23-10-12-24(13-11-23)41-6-3)42(39,40)25-14-8-22(31)9-15-25/h7-16,18,28H,4-6,17,19-20H2,1-3H3,(H,34,38)/t28-/m1/s1. The van der Waals surface area contributed by atoms with Crippen LogP contribution in [-0.2, 0) is 26.2 Å². The maximum Gasteiger partial charge on any atom is 0.264 e. The summed E-state index contributed by atoms with van der Waals surface area (Å²) in [5, 5.41) is 3.87. The summed E-state index contributed by atoms with van der Waals surface area (Å²) in [7, 11) is -4.23. The van der Waals surface area contributed by atoms with Gasteiger partial charge in [-0.15, -0.1) is 0 Å². The highest BCUT2D eigenvalue weighted by Crippen LogP contribution is 2.28. The number of ether oxygens (including phenoxy) is 1. The molecule has 1 N–H and O–H groups in total. The normalized spacial score (nSPS) is 12.0. The molecule has 8 nitrogen and oxygen atoms in total. The molecule has 0 unspecified atom stereocenters. The second kappa shape index (κ2) is 15.5. The van der Waals surface area contributed by atoms with Gasteiger partial charge in [0.25, 0.3) is 10.0 Å². The Morgan fingerprint density at radius 3 is 2.14 bits per heavy atom. The van der Waals surface area contributed by atoms with Crippen LogP contribution in [0.3, 0.4) is 0 Å². The average Bonchev–Trinajstić information content (AvgIpc) is 2.97. The second-order valence-corrected chi connectivity index (χ2v) is 12.5. The highest BCUT2D eigenvalue weighted by molar-refractivity contribution is 7.92. The highest BCUT2D eigenvalue weighted by Gasteiger charge is 2.33. The Balaban J connectivity index is 2.06. The van der Waals surface area contributed by atoms with Crippen molar-refractivity contribution in [1.82, 2.24) is 10.2 Å². The quantitative estimate of drug-likeness (QED) is 0.212. The summed E-state index contributed by atoms with van der Waals surface area (Å²) in [5.74, 6) is -0.358. The van der Waals surface area contributed by atoms with Crippen molar-refractivity contribution >= 4 is 62.3 Å². The lowest BCUT2D eigenvalue weighted by molar-refractivity contribution is -0.140. The van der Waals surface area contributed by atoms with Crippen LogP contribution in [0.4, 0.5) is 5.69 Å². The third-order valence-corrected chi connectivity index (χ3v) is 9.17. The predicted octanol–water partition coefficient (Wildman–Crippen LogP) is 6.57. The fourth-order valence-corrected chi connectivity index (χ4v) is 6.12. The van der Waals surface area contributed by atoms with E-state index in [1.165, 1.54) is 29.2 Å². The van der Waals surface area contributed by atoms with Crippen molar-refractivity contribution in [2.24, 2.45) is 0 Å². The summed E-state index contributed by atoms with van der Waals surface area (Å²) in [6, 6.07) is 16.2. The van der Waals surface area contributed by atoms with Crippen molar-refractivity contribution in [3.63, 3.8) is 0 Å². The minimum absolute atomic E-state index is 0.00584. The summed E-state index contributed by atoms with van der Waals surface area (Å²) in [4.78, 5) is 28.6. The van der Waals surface area contributed by atoms with Crippen LogP contribution in [0.25, 0.3) is 0 Å². The summed E-state index contributed by atoms with van der Waals surface area (Å²) >= 11 is 18.3. The van der Waals surface area contributed by atoms with E-state index in [4.69, 9.17) is 39.5 Å². The van der Waals surface area contributed by atoms with E-state index in [0.717, 1.165) is 4.31 Å². The Morgan fingerprint density at radius 2 is 1.57 bits per heavy atom. The minimum atomic E-state index is -4.23. The van der Waals surface area contributed by atoms with E-state index in [0.29, 0.717) is 52.4 Å². The molecule has 1 atom stereocenters. The van der Waals surface area contributed by atoms with Gasteiger partial charge in [-0.25, -0.2) is 8.42 Å². The zero-order valence-electron chi connectivity index (χ0n) is 23.6. The van der Waals surface area contributed by atoms with Gasteiger partial charge in [0, 0.05) is 18.1 Å². The first-order chi connectivity index (χ1) is 20.0. The molecule has 42 heavy (non-hydrogen) atoms. The van der Waals surface area contributed by atoms with Crippen LogP contribution < -0.4 is 14.4 Å². The lowest BCUT2D eigenvalue weighted by Crippen LogP contribution is -2.52. The average molecular weight is 655 g/mol. The van der Waals surface area contributed by atoms with Gasteiger partial charge in [-0.05, 0) is 86.0 Å². The Morgan fingerprint density at radius 1 is 0.905 bits per heavy atom. The Hall–Kier alpha value is -2.98. The molecule has 12 heteroatoms. The highest BCUT2D eigenvalue weighted by atomic mass is 35.5. The first kappa shape index (κ1) is 33.5. The number of hydrogen-bond acceptors (Lipinski definition) is 5. The van der Waals surface area contributed by atoms with Crippen molar-refractivity contribution in [2.75, 3.05) is 24.0 Å². The number of hydrogen-bond donors (Lipinski definition) is 1. The SMILES string of the molecule is CCCNC(=O)[C@@H](CC)N(Cc1ccc(Cl)c(Cl)c1)C(=O)CN(c1ccc(OCC)cc1)S(=O)(=O)c1ccc(Cl)cc1. The number of anilines is 1. The van der Waals surface area contributed by atoms with Crippen molar-refractivity contribution in [3.05, 3.63) is 87.4 Å². The molecule has 2 amide bonds. The molecule has 0 radical (unpaired) electrons. The van der Waals surface area contributed by atoms with Gasteiger partial charge in [0.05, 0.1) is 27.2 Å². The van der Waals surface area contributed by atoms with Crippen LogP contribution in [0.1, 0.15) is 39.2 Å². The van der Waals surface area contributed by atoms with E-state index >= 15 is 0 Å². The van der Waals surface area contributed by atoms with Gasteiger partial charge in [0.2, 0.25) is 11.8 Å². The number of amides is 2. The number of benzene rings is 3. The molecular weight excluding hydrogens is 621 g/mol. The second-order valence-electron chi connectivity index (χ2n) is 9.38. The molecule has 0 bridgehead atoms. The monoisotopic (exact) mass is 653 g/mol. The minimum Gasteiger partial charge on any atom is -0.494 e. The number of rotatable bonds is 14. The van der Waals surface area contributed by atoms with Crippen molar-refractivity contribution < 1.29 is 22.7 Å². The molecule has 0 aliphatic rings. The number of carbonyl (C=O) groups is 2. The maximum absolute atomic E-state index is 14.1. The molecule has 3 aromatic rings. The topological polar surface area (TPSA) is 96.0 Å². The van der Waals surface area contributed by atoms with Gasteiger partial charge in [-0.2, -0.15) is 0 Å². The van der Waals surface area contributed by atoms with Crippen LogP contribution in [0.5, 0.6) is 5.75 Å². The van der Waals surface area contributed by atoms with E-state index in [9.17, 15) is 18.0 Å². The van der Waals surface area contributed by atoms with Gasteiger partial charge in [0.15, 0.2) is 0 Å². The van der Waals surface area contributed by atoms with Crippen LogP contribution in [0.2, 0.25) is 15.1 Å². The number of nitrogens with one attached hydrogen (secondary N) is 1. The smallest absolute Gasteiger partial charge is 0.264 e. The molecule has 0 heterocycles. The van der Waals surface area contributed by atoms with Crippen molar-refractivity contribution in [3.8, 4) is 5.75 Å². The van der Waals surface area contributed by atoms with Crippen LogP contribution in [0, 0.1) is 0 Å². The fourth-order valence-electron chi connectivity index (χ4n) is 4.26. The largest absolute Gasteiger partial charge is 0.494 e. The maximum atomic E-state index is 14.1. The van der Waals surface area contributed by atoms with Gasteiger partial charge in [0.1, 0.15) is 18.3 Å². The van der Waals surface area contributed by atoms with E-state index in [-0.39, 0.29) is 23.0 Å². The van der Waals surface area contributed by atoms with Crippen molar-refractivity contribution in [2.45, 2.75) is 51.1 Å². The zero-order valence-corrected chi connectivity index (χ0v) is 26.7. The van der Waals surface area contributed by atoms with Gasteiger partial charge in [-0.3, -0.25) is 13.9 Å². The molecule has 226 valence electrons. The molecular formula is C30H34Cl3N3O5S. The third-order valence-electron chi connectivity index (χ3n) is 6.39. The third kappa shape index (κ3) is 8.53. The first-order valence-electron chi connectivity index (χ1n) is 13.5. The van der Waals surface area contributed by atoms with E-state index in [1.54, 1.807) is 49.4 Å². The number of nitrogens with zero attached hydrogens (tertiary/aromatic N) is 2. The molecule has 0 spiro atoms. The molecule has 0 aromatic heterocycles. The zero-order chi connectivity index (χ0) is 30.9. The van der Waals surface area contributed by atoms with Crippen molar-refractivity contribution in [1.29, 1.82) is 0 Å². The summed E-state index contributed by atoms with van der Waals surface area (Å²) in [5.41, 5.74) is 0.882. The Labute approximate surface area is 262 Å². The fraction of sp³-hybridized carbons (Fsp3) is 0.333. The number of halogens is 3. The van der Waals surface area contributed by atoms with Crippen LogP contribution in [0.15, 0.2) is 71.6 Å². The lowest BCUT2D eigenvalue weighted by atomic mass is 10.1. The number of sulfonamides is 1. The Bertz CT molecular complexity index is 1470. The first-order valence-corrected chi connectivity index (χ1v) is 16.1. The molecule has 3 rings (SSSR count). The molecule has 0 aliphatic carbocycles. The predicted molar refractivity (Wildman–Crippen MR) is 168 cm³/mol. The van der Waals surface area contributed by atoms with Crippen LogP contribution >= 0.6 is 34.8 Å². The van der Waals surface area contributed by atoms with Gasteiger partial charge >= 0.3 is 0 Å². The van der Waals surface area contributed by atoms with E-state index in [2.05, 4.69) is 5.32 Å². The summed E-state index contributed by atoms with van der Waals surface area (Å²) < 4.78 is 34.4. The van der Waals surface area contributed by atoms with Crippen LogP contribution in [-0.4, -0.2) is 50.9 Å². The number of carbonyl (C=O) groups excluding carboxylic acids is 2. The molecule has 3 aromatic carbocycles. The van der Waals surface area contributed by atoms with E-state index < -0.39 is 28.5 Å². The molecule has 0 fully saturated rings. The molecule has 0 aliphatic heterocycles. The van der Waals surface area contributed by atoms with Gasteiger partial charge in [-0.1, -0.05) is 54.7 Å². The molecule has 0 saturated heterocycles. The summed E-state index contributed by atoms with van der Waals surface area (Å²) in [6.07, 6.45) is 1.02. The lowest BCUT2D eigenvalue weighted by Gasteiger charge is -2.33. The summed E-state index contributed by atoms with van der Waals surface area (Å²) in [6.45, 7) is 5.87.